The predicted molar refractivity (Wildman–Crippen MR) is 152 cm³/mol. The zero-order chi connectivity index (χ0) is 29.4. The zero-order valence-electron chi connectivity index (χ0n) is 23.7. The van der Waals surface area contributed by atoms with Crippen LogP contribution in [0.5, 0.6) is 17.2 Å². The van der Waals surface area contributed by atoms with Crippen molar-refractivity contribution in [1.82, 2.24) is 9.80 Å². The van der Waals surface area contributed by atoms with Crippen molar-refractivity contribution in [2.45, 2.75) is 31.6 Å². The van der Waals surface area contributed by atoms with Crippen LogP contribution >= 0.6 is 0 Å². The molecule has 4 rings (SSSR count). The third kappa shape index (κ3) is 7.34. The Morgan fingerprint density at radius 1 is 0.805 bits per heavy atom. The first kappa shape index (κ1) is 29.8. The number of hydrogen-bond donors (Lipinski definition) is 0. The highest BCUT2D eigenvalue weighted by Gasteiger charge is 2.29. The molecule has 1 fully saturated rings. The normalized spacial score (nSPS) is 13.5. The molecule has 41 heavy (non-hydrogen) atoms. The average molecular weight is 567 g/mol. The van der Waals surface area contributed by atoms with Crippen molar-refractivity contribution in [3.63, 3.8) is 0 Å². The predicted octanol–water partition coefficient (Wildman–Crippen LogP) is 5.67. The molecule has 1 aliphatic heterocycles. The molecular weight excluding hydrogens is 530 g/mol. The molecule has 0 aliphatic carbocycles. The van der Waals surface area contributed by atoms with Gasteiger partial charge in [-0.1, -0.05) is 37.1 Å². The minimum atomic E-state index is -0.290. The fraction of sp³-hybridized carbons (Fsp3) is 0.375. The SMILES string of the molecule is COc1cc(C(=O)N2CCN(CCCCCC(c3ccc(F)cc3)c3ccc(F)cc3)C(=O)C2)cc(OC)c1OC. The fourth-order valence-electron chi connectivity index (χ4n) is 5.25. The maximum Gasteiger partial charge on any atom is 0.254 e. The van der Waals surface area contributed by atoms with Gasteiger partial charge in [-0.2, -0.15) is 0 Å². The van der Waals surface area contributed by atoms with Crippen molar-refractivity contribution in [2.24, 2.45) is 0 Å². The van der Waals surface area contributed by atoms with Crippen LogP contribution in [-0.4, -0.2) is 69.1 Å². The molecule has 0 N–H and O–H groups in total. The number of carbonyl (C=O) groups excluding carboxylic acids is 2. The van der Waals surface area contributed by atoms with Crippen LogP contribution in [0.1, 0.15) is 53.1 Å². The lowest BCUT2D eigenvalue weighted by Crippen LogP contribution is -2.52. The Morgan fingerprint density at radius 3 is 1.85 bits per heavy atom. The van der Waals surface area contributed by atoms with Crippen molar-refractivity contribution < 1.29 is 32.6 Å². The van der Waals surface area contributed by atoms with E-state index in [1.54, 1.807) is 41.3 Å². The van der Waals surface area contributed by atoms with E-state index in [0.717, 1.165) is 36.8 Å². The summed E-state index contributed by atoms with van der Waals surface area (Å²) < 4.78 is 43.0. The third-order valence-electron chi connectivity index (χ3n) is 7.48. The van der Waals surface area contributed by atoms with E-state index in [0.29, 0.717) is 42.4 Å². The summed E-state index contributed by atoms with van der Waals surface area (Å²) in [5.41, 5.74) is 2.33. The van der Waals surface area contributed by atoms with Gasteiger partial charge in [0.1, 0.15) is 18.2 Å². The molecule has 0 aromatic heterocycles. The molecule has 0 atom stereocenters. The first-order valence-electron chi connectivity index (χ1n) is 13.7. The number of ether oxygens (including phenoxy) is 3. The molecule has 0 spiro atoms. The standard InChI is InChI=1S/C32H36F2N2O5/c1-39-28-19-24(20-29(40-2)31(28)41-3)32(38)36-18-17-35(30(37)21-36)16-6-4-5-7-27(22-8-12-25(33)13-9-22)23-10-14-26(34)15-11-23/h8-15,19-20,27H,4-7,16-18,21H2,1-3H3. The minimum absolute atomic E-state index is 0.00665. The van der Waals surface area contributed by atoms with Gasteiger partial charge in [0.15, 0.2) is 11.5 Å². The van der Waals surface area contributed by atoms with Crippen LogP contribution in [0.3, 0.4) is 0 Å². The Kier molecular flexibility index (Phi) is 10.2. The van der Waals surface area contributed by atoms with Crippen LogP contribution in [0.25, 0.3) is 0 Å². The molecule has 0 bridgehead atoms. The second-order valence-corrected chi connectivity index (χ2v) is 10.0. The second-order valence-electron chi connectivity index (χ2n) is 10.0. The first-order chi connectivity index (χ1) is 19.8. The summed E-state index contributed by atoms with van der Waals surface area (Å²) >= 11 is 0. The highest BCUT2D eigenvalue weighted by atomic mass is 19.1. The maximum atomic E-state index is 13.5. The summed E-state index contributed by atoms with van der Waals surface area (Å²) in [6.45, 7) is 1.51. The van der Waals surface area contributed by atoms with Gasteiger partial charge in [-0.3, -0.25) is 9.59 Å². The summed E-state index contributed by atoms with van der Waals surface area (Å²) in [6, 6.07) is 16.1. The molecule has 2 amide bonds. The molecule has 3 aromatic carbocycles. The van der Waals surface area contributed by atoms with Crippen LogP contribution in [-0.2, 0) is 4.79 Å². The summed E-state index contributed by atoms with van der Waals surface area (Å²) in [4.78, 5) is 29.4. The molecule has 9 heteroatoms. The summed E-state index contributed by atoms with van der Waals surface area (Å²) in [5, 5.41) is 0. The Balaban J connectivity index is 1.29. The minimum Gasteiger partial charge on any atom is -0.493 e. The van der Waals surface area contributed by atoms with Gasteiger partial charge in [0.05, 0.1) is 21.3 Å². The van der Waals surface area contributed by atoms with Crippen molar-refractivity contribution in [1.29, 1.82) is 0 Å². The van der Waals surface area contributed by atoms with E-state index in [1.807, 2.05) is 0 Å². The molecule has 218 valence electrons. The summed E-state index contributed by atoms with van der Waals surface area (Å²) in [5.74, 6) is 0.236. The van der Waals surface area contributed by atoms with E-state index in [4.69, 9.17) is 14.2 Å². The fourth-order valence-corrected chi connectivity index (χ4v) is 5.25. The highest BCUT2D eigenvalue weighted by Crippen LogP contribution is 2.38. The first-order valence-corrected chi connectivity index (χ1v) is 13.7. The van der Waals surface area contributed by atoms with E-state index in [2.05, 4.69) is 0 Å². The quantitative estimate of drug-likeness (QED) is 0.265. The molecule has 0 unspecified atom stereocenters. The number of nitrogens with zero attached hydrogens (tertiary/aromatic N) is 2. The number of methoxy groups -OCH3 is 3. The molecule has 1 heterocycles. The van der Waals surface area contributed by atoms with Gasteiger partial charge in [-0.05, 0) is 60.4 Å². The lowest BCUT2D eigenvalue weighted by Gasteiger charge is -2.34. The zero-order valence-corrected chi connectivity index (χ0v) is 23.7. The van der Waals surface area contributed by atoms with Crippen LogP contribution in [0, 0.1) is 11.6 Å². The van der Waals surface area contributed by atoms with Crippen molar-refractivity contribution in [3.8, 4) is 17.2 Å². The number of carbonyl (C=O) groups is 2. The van der Waals surface area contributed by atoms with Gasteiger partial charge in [0.25, 0.3) is 5.91 Å². The average Bonchev–Trinajstić information content (AvgIpc) is 2.99. The Labute approximate surface area is 239 Å². The Hall–Kier alpha value is -4.14. The number of benzene rings is 3. The molecule has 7 nitrogen and oxygen atoms in total. The van der Waals surface area contributed by atoms with E-state index in [-0.39, 0.29) is 35.9 Å². The number of halogens is 2. The van der Waals surface area contributed by atoms with Gasteiger partial charge >= 0.3 is 0 Å². The Bertz CT molecular complexity index is 1260. The maximum absolute atomic E-state index is 13.5. The largest absolute Gasteiger partial charge is 0.493 e. The van der Waals surface area contributed by atoms with Crippen LogP contribution in [0.2, 0.25) is 0 Å². The topological polar surface area (TPSA) is 68.3 Å². The van der Waals surface area contributed by atoms with Crippen molar-refractivity contribution >= 4 is 11.8 Å². The molecule has 1 aliphatic rings. The number of hydrogen-bond acceptors (Lipinski definition) is 5. The molecule has 0 radical (unpaired) electrons. The third-order valence-corrected chi connectivity index (χ3v) is 7.48. The smallest absolute Gasteiger partial charge is 0.254 e. The van der Waals surface area contributed by atoms with Gasteiger partial charge in [-0.15, -0.1) is 0 Å². The Morgan fingerprint density at radius 2 is 1.37 bits per heavy atom. The number of piperazine rings is 1. The molecule has 0 saturated carbocycles. The number of rotatable bonds is 12. The molecule has 3 aromatic rings. The van der Waals surface area contributed by atoms with Gasteiger partial charge in [0.2, 0.25) is 11.7 Å². The summed E-state index contributed by atoms with van der Waals surface area (Å²) in [6.07, 6.45) is 3.44. The van der Waals surface area contributed by atoms with Crippen molar-refractivity contribution in [3.05, 3.63) is 89.0 Å². The second kappa shape index (κ2) is 14.0. The highest BCUT2D eigenvalue weighted by molar-refractivity contribution is 5.98. The van der Waals surface area contributed by atoms with Crippen molar-refractivity contribution in [2.75, 3.05) is 47.5 Å². The van der Waals surface area contributed by atoms with E-state index >= 15 is 0 Å². The summed E-state index contributed by atoms with van der Waals surface area (Å²) in [7, 11) is 4.47. The van der Waals surface area contributed by atoms with Crippen LogP contribution < -0.4 is 14.2 Å². The lowest BCUT2D eigenvalue weighted by atomic mass is 9.87. The molecular formula is C32H36F2N2O5. The van der Waals surface area contributed by atoms with E-state index in [1.165, 1.54) is 50.5 Å². The van der Waals surface area contributed by atoms with Gasteiger partial charge in [0, 0.05) is 31.1 Å². The van der Waals surface area contributed by atoms with Crippen LogP contribution in [0.4, 0.5) is 8.78 Å². The number of unbranched alkanes of at least 4 members (excludes halogenated alkanes) is 2. The van der Waals surface area contributed by atoms with Gasteiger partial charge in [-0.25, -0.2) is 8.78 Å². The molecule has 1 saturated heterocycles. The van der Waals surface area contributed by atoms with Gasteiger partial charge < -0.3 is 24.0 Å². The monoisotopic (exact) mass is 566 g/mol. The number of amides is 2. The van der Waals surface area contributed by atoms with Crippen LogP contribution in [0.15, 0.2) is 60.7 Å². The lowest BCUT2D eigenvalue weighted by molar-refractivity contribution is -0.135. The van der Waals surface area contributed by atoms with E-state index < -0.39 is 0 Å². The van der Waals surface area contributed by atoms with E-state index in [9.17, 15) is 18.4 Å².